The Bertz CT molecular complexity index is 444. The number of nitrogens with zero attached hydrogens (tertiary/aromatic N) is 1. The molecule has 1 heterocycles. The standard InChI is InChI=1S/C12H13NO3S/c1-17-15-9-11-7-12(13-16-11)14-8-10-5-3-2-4-6-10/h2-7H,8-9H2,1H3. The van der Waals surface area contributed by atoms with Gasteiger partial charge in [0.05, 0.1) is 0 Å². The van der Waals surface area contributed by atoms with Crippen LogP contribution in [-0.2, 0) is 17.4 Å². The summed E-state index contributed by atoms with van der Waals surface area (Å²) in [6, 6.07) is 11.6. The first-order valence-corrected chi connectivity index (χ1v) is 6.31. The molecular weight excluding hydrogens is 238 g/mol. The third-order valence-corrected chi connectivity index (χ3v) is 2.44. The second kappa shape index (κ2) is 6.32. The minimum Gasteiger partial charge on any atom is -0.471 e. The summed E-state index contributed by atoms with van der Waals surface area (Å²) in [5.74, 6) is 1.14. The monoisotopic (exact) mass is 251 g/mol. The van der Waals surface area contributed by atoms with Gasteiger partial charge in [-0.3, -0.25) is 0 Å². The highest BCUT2D eigenvalue weighted by atomic mass is 32.2. The second-order valence-corrected chi connectivity index (χ2v) is 3.90. The van der Waals surface area contributed by atoms with Crippen molar-refractivity contribution >= 4 is 12.0 Å². The molecule has 0 saturated carbocycles. The molecular formula is C12H13NO3S. The SMILES string of the molecule is CSOCc1cc(OCc2ccccc2)no1. The van der Waals surface area contributed by atoms with Crippen LogP contribution in [0.1, 0.15) is 11.3 Å². The summed E-state index contributed by atoms with van der Waals surface area (Å²) in [6.45, 7) is 0.874. The van der Waals surface area contributed by atoms with Gasteiger partial charge < -0.3 is 13.4 Å². The van der Waals surface area contributed by atoms with Gasteiger partial charge in [0.25, 0.3) is 5.88 Å². The van der Waals surface area contributed by atoms with Crippen LogP contribution in [0.3, 0.4) is 0 Å². The van der Waals surface area contributed by atoms with E-state index >= 15 is 0 Å². The first-order valence-electron chi connectivity index (χ1n) is 5.16. The zero-order valence-electron chi connectivity index (χ0n) is 9.46. The van der Waals surface area contributed by atoms with E-state index < -0.39 is 0 Å². The molecule has 5 heteroatoms. The molecule has 90 valence electrons. The lowest BCUT2D eigenvalue weighted by molar-refractivity contribution is 0.251. The number of aromatic nitrogens is 1. The molecule has 0 amide bonds. The highest BCUT2D eigenvalue weighted by Gasteiger charge is 2.05. The Morgan fingerprint density at radius 3 is 2.82 bits per heavy atom. The van der Waals surface area contributed by atoms with E-state index in [9.17, 15) is 0 Å². The van der Waals surface area contributed by atoms with Crippen molar-refractivity contribution in [3.8, 4) is 5.88 Å². The Labute approximate surface area is 104 Å². The maximum Gasteiger partial charge on any atom is 0.254 e. The van der Waals surface area contributed by atoms with Crippen molar-refractivity contribution < 1.29 is 13.4 Å². The molecule has 0 unspecified atom stereocenters. The highest BCUT2D eigenvalue weighted by molar-refractivity contribution is 7.93. The van der Waals surface area contributed by atoms with E-state index in [1.807, 2.05) is 36.6 Å². The van der Waals surface area contributed by atoms with Gasteiger partial charge in [-0.15, -0.1) is 0 Å². The summed E-state index contributed by atoms with van der Waals surface area (Å²) in [6.07, 6.45) is 1.85. The van der Waals surface area contributed by atoms with Crippen molar-refractivity contribution in [3.05, 3.63) is 47.7 Å². The van der Waals surface area contributed by atoms with Crippen LogP contribution >= 0.6 is 12.0 Å². The van der Waals surface area contributed by atoms with Crippen LogP contribution in [0.25, 0.3) is 0 Å². The van der Waals surface area contributed by atoms with Gasteiger partial charge in [-0.1, -0.05) is 30.3 Å². The van der Waals surface area contributed by atoms with Crippen LogP contribution in [0, 0.1) is 0 Å². The molecule has 0 aliphatic heterocycles. The Kier molecular flexibility index (Phi) is 4.46. The zero-order valence-corrected chi connectivity index (χ0v) is 10.3. The normalized spacial score (nSPS) is 10.4. The lowest BCUT2D eigenvalue weighted by atomic mass is 10.2. The highest BCUT2D eigenvalue weighted by Crippen LogP contribution is 2.15. The minimum atomic E-state index is 0.392. The molecule has 2 rings (SSSR count). The fraction of sp³-hybridized carbons (Fsp3) is 0.250. The third kappa shape index (κ3) is 3.80. The number of rotatable bonds is 6. The van der Waals surface area contributed by atoms with Crippen molar-refractivity contribution in [2.24, 2.45) is 0 Å². The van der Waals surface area contributed by atoms with E-state index in [4.69, 9.17) is 13.4 Å². The minimum absolute atomic E-state index is 0.392. The molecule has 0 N–H and O–H groups in total. The second-order valence-electron chi connectivity index (χ2n) is 3.33. The Morgan fingerprint density at radius 2 is 2.06 bits per heavy atom. The number of benzene rings is 1. The van der Waals surface area contributed by atoms with E-state index in [1.165, 1.54) is 12.0 Å². The number of hydrogen-bond acceptors (Lipinski definition) is 5. The number of ether oxygens (including phenoxy) is 1. The van der Waals surface area contributed by atoms with Gasteiger partial charge in [0.15, 0.2) is 5.76 Å². The lowest BCUT2D eigenvalue weighted by Gasteiger charge is -2.00. The van der Waals surface area contributed by atoms with Gasteiger partial charge in [0, 0.05) is 12.3 Å². The molecule has 0 fully saturated rings. The van der Waals surface area contributed by atoms with Crippen molar-refractivity contribution in [2.75, 3.05) is 6.26 Å². The zero-order chi connectivity index (χ0) is 11.9. The van der Waals surface area contributed by atoms with Crippen LogP contribution in [0.15, 0.2) is 40.9 Å². The summed E-state index contributed by atoms with van der Waals surface area (Å²) in [5.41, 5.74) is 1.09. The Balaban J connectivity index is 1.85. The quantitative estimate of drug-likeness (QED) is 0.738. The topological polar surface area (TPSA) is 44.5 Å². The van der Waals surface area contributed by atoms with Crippen LogP contribution in [0.5, 0.6) is 5.88 Å². The predicted octanol–water partition coefficient (Wildman–Crippen LogP) is 3.05. The van der Waals surface area contributed by atoms with Gasteiger partial charge in [-0.2, -0.15) is 0 Å². The summed E-state index contributed by atoms with van der Waals surface area (Å²) in [5, 5.41) is 3.80. The molecule has 17 heavy (non-hydrogen) atoms. The average Bonchev–Trinajstić information content (AvgIpc) is 2.83. The molecule has 0 bridgehead atoms. The summed E-state index contributed by atoms with van der Waals surface area (Å²) in [4.78, 5) is 0. The van der Waals surface area contributed by atoms with Crippen molar-refractivity contribution in [3.63, 3.8) is 0 Å². The fourth-order valence-electron chi connectivity index (χ4n) is 1.28. The van der Waals surface area contributed by atoms with Crippen molar-refractivity contribution in [1.82, 2.24) is 5.16 Å². The van der Waals surface area contributed by atoms with E-state index in [0.29, 0.717) is 24.9 Å². The van der Waals surface area contributed by atoms with Crippen LogP contribution in [-0.4, -0.2) is 11.4 Å². The third-order valence-electron chi connectivity index (χ3n) is 2.09. The molecule has 1 aromatic heterocycles. The molecule has 0 saturated heterocycles. The van der Waals surface area contributed by atoms with Gasteiger partial charge in [0.1, 0.15) is 13.2 Å². The van der Waals surface area contributed by atoms with E-state index in [2.05, 4.69) is 5.16 Å². The molecule has 0 spiro atoms. The summed E-state index contributed by atoms with van der Waals surface area (Å²) < 4.78 is 15.7. The van der Waals surface area contributed by atoms with Gasteiger partial charge in [-0.25, -0.2) is 0 Å². The first-order chi connectivity index (χ1) is 8.38. The van der Waals surface area contributed by atoms with Crippen molar-refractivity contribution in [1.29, 1.82) is 0 Å². The average molecular weight is 251 g/mol. The fourth-order valence-corrected chi connectivity index (χ4v) is 1.51. The maximum atomic E-state index is 5.49. The summed E-state index contributed by atoms with van der Waals surface area (Å²) >= 11 is 1.29. The summed E-state index contributed by atoms with van der Waals surface area (Å²) in [7, 11) is 0. The predicted molar refractivity (Wildman–Crippen MR) is 65.6 cm³/mol. The molecule has 0 atom stereocenters. The van der Waals surface area contributed by atoms with Crippen molar-refractivity contribution in [2.45, 2.75) is 13.2 Å². The first kappa shape index (κ1) is 12.0. The molecule has 0 radical (unpaired) electrons. The lowest BCUT2D eigenvalue weighted by Crippen LogP contribution is -1.94. The largest absolute Gasteiger partial charge is 0.471 e. The molecule has 0 aliphatic rings. The maximum absolute atomic E-state index is 5.49. The van der Waals surface area contributed by atoms with Gasteiger partial charge in [-0.05, 0) is 22.8 Å². The van der Waals surface area contributed by atoms with Crippen LogP contribution in [0.2, 0.25) is 0 Å². The molecule has 4 nitrogen and oxygen atoms in total. The van der Waals surface area contributed by atoms with E-state index in [-0.39, 0.29) is 0 Å². The molecule has 0 aliphatic carbocycles. The Morgan fingerprint density at radius 1 is 1.24 bits per heavy atom. The van der Waals surface area contributed by atoms with Gasteiger partial charge >= 0.3 is 0 Å². The van der Waals surface area contributed by atoms with Crippen LogP contribution in [0.4, 0.5) is 0 Å². The number of hydrogen-bond donors (Lipinski definition) is 0. The molecule has 1 aromatic carbocycles. The smallest absolute Gasteiger partial charge is 0.254 e. The Hall–Kier alpha value is -1.46. The van der Waals surface area contributed by atoms with Gasteiger partial charge in [0.2, 0.25) is 0 Å². The van der Waals surface area contributed by atoms with E-state index in [0.717, 1.165) is 5.56 Å². The molecule has 2 aromatic rings. The van der Waals surface area contributed by atoms with E-state index in [1.54, 1.807) is 6.07 Å². The van der Waals surface area contributed by atoms with Crippen LogP contribution < -0.4 is 4.74 Å².